The number of nitro groups is 1. The van der Waals surface area contributed by atoms with Crippen LogP contribution in [0, 0.1) is 10.1 Å². The summed E-state index contributed by atoms with van der Waals surface area (Å²) in [6.07, 6.45) is 4.07. The van der Waals surface area contributed by atoms with Gasteiger partial charge in [-0.3, -0.25) is 10.1 Å². The summed E-state index contributed by atoms with van der Waals surface area (Å²) >= 11 is 1.69. The third kappa shape index (κ3) is 2.80. The molecule has 0 spiro atoms. The lowest BCUT2D eigenvalue weighted by Gasteiger charge is -2.02. The smallest absolute Gasteiger partial charge is 0.270 e. The second-order valence-corrected chi connectivity index (χ2v) is 5.87. The largest absolute Gasteiger partial charge is 0.341 e. The van der Waals surface area contributed by atoms with Gasteiger partial charge in [0, 0.05) is 34.6 Å². The minimum absolute atomic E-state index is 0.124. The first kappa shape index (κ1) is 13.8. The summed E-state index contributed by atoms with van der Waals surface area (Å²) in [4.78, 5) is 15.0. The number of thiazole rings is 1. The Kier molecular flexibility index (Phi) is 3.70. The molecule has 2 heterocycles. The van der Waals surface area contributed by atoms with Crippen LogP contribution in [0.4, 0.5) is 5.69 Å². The van der Waals surface area contributed by atoms with Gasteiger partial charge in [-0.05, 0) is 25.0 Å². The molecule has 2 aromatic heterocycles. The third-order valence-electron chi connectivity index (χ3n) is 3.36. The molecular weight excluding hydrogens is 286 g/mol. The van der Waals surface area contributed by atoms with Gasteiger partial charge >= 0.3 is 0 Å². The van der Waals surface area contributed by atoms with E-state index in [1.165, 1.54) is 5.01 Å². The Balaban J connectivity index is 1.88. The molecule has 6 heteroatoms. The van der Waals surface area contributed by atoms with Crippen molar-refractivity contribution in [1.29, 1.82) is 0 Å². The second-order valence-electron chi connectivity index (χ2n) is 4.93. The number of aryl methyl sites for hydroxylation is 1. The van der Waals surface area contributed by atoms with Gasteiger partial charge < -0.3 is 4.57 Å². The molecular formula is C15H15N3O2S. The first-order chi connectivity index (χ1) is 10.2. The summed E-state index contributed by atoms with van der Waals surface area (Å²) < 4.78 is 2.07. The van der Waals surface area contributed by atoms with E-state index < -0.39 is 0 Å². The van der Waals surface area contributed by atoms with Gasteiger partial charge in [-0.1, -0.05) is 6.92 Å². The van der Waals surface area contributed by atoms with Crippen LogP contribution in [-0.2, 0) is 13.0 Å². The molecule has 0 bridgehead atoms. The van der Waals surface area contributed by atoms with Gasteiger partial charge in [0.1, 0.15) is 0 Å². The summed E-state index contributed by atoms with van der Waals surface area (Å²) in [6, 6.07) is 6.85. The molecule has 0 aliphatic rings. The lowest BCUT2D eigenvalue weighted by atomic mass is 10.2. The van der Waals surface area contributed by atoms with Crippen LogP contribution in [0.5, 0.6) is 0 Å². The van der Waals surface area contributed by atoms with Crippen LogP contribution < -0.4 is 0 Å². The summed E-state index contributed by atoms with van der Waals surface area (Å²) in [5, 5.41) is 14.9. The number of non-ortho nitro benzene ring substituents is 1. The number of nitro benzene ring substituents is 1. The fourth-order valence-electron chi connectivity index (χ4n) is 2.36. The number of aromatic nitrogens is 2. The van der Waals surface area contributed by atoms with Crippen molar-refractivity contribution in [2.24, 2.45) is 0 Å². The average Bonchev–Trinajstić information content (AvgIpc) is 3.07. The predicted molar refractivity (Wildman–Crippen MR) is 83.8 cm³/mol. The molecule has 108 valence electrons. The molecule has 0 amide bonds. The van der Waals surface area contributed by atoms with E-state index >= 15 is 0 Å². The van der Waals surface area contributed by atoms with Gasteiger partial charge in [0.05, 0.1) is 22.2 Å². The molecule has 3 aromatic rings. The molecule has 0 fully saturated rings. The standard InChI is InChI=1S/C15H15N3O2S/c1-2-3-15-16-12(10-21-15)9-17-7-6-11-8-13(18(19)20)4-5-14(11)17/h4-8,10H,2-3,9H2,1H3. The van der Waals surface area contributed by atoms with Crippen molar-refractivity contribution in [1.82, 2.24) is 9.55 Å². The zero-order valence-corrected chi connectivity index (χ0v) is 12.5. The molecule has 0 atom stereocenters. The maximum absolute atomic E-state index is 10.8. The topological polar surface area (TPSA) is 61.0 Å². The van der Waals surface area contributed by atoms with Gasteiger partial charge in [0.15, 0.2) is 0 Å². The van der Waals surface area contributed by atoms with E-state index in [0.29, 0.717) is 6.54 Å². The molecule has 0 radical (unpaired) electrons. The van der Waals surface area contributed by atoms with Crippen LogP contribution in [0.25, 0.3) is 10.9 Å². The summed E-state index contributed by atoms with van der Waals surface area (Å²) in [6.45, 7) is 2.84. The Bertz CT molecular complexity index is 791. The van der Waals surface area contributed by atoms with Crippen molar-refractivity contribution in [2.45, 2.75) is 26.3 Å². The lowest BCUT2D eigenvalue weighted by Crippen LogP contribution is -1.98. The van der Waals surface area contributed by atoms with Crippen molar-refractivity contribution in [3.05, 3.63) is 56.7 Å². The van der Waals surface area contributed by atoms with E-state index in [-0.39, 0.29) is 10.6 Å². The van der Waals surface area contributed by atoms with Crippen molar-refractivity contribution < 1.29 is 4.92 Å². The highest BCUT2D eigenvalue weighted by Gasteiger charge is 2.10. The normalized spacial score (nSPS) is 11.1. The van der Waals surface area contributed by atoms with Crippen LogP contribution in [0.3, 0.4) is 0 Å². The predicted octanol–water partition coefficient (Wildman–Crippen LogP) is 4.01. The average molecular weight is 301 g/mol. The minimum atomic E-state index is -0.367. The van der Waals surface area contributed by atoms with Crippen LogP contribution in [0.1, 0.15) is 24.0 Å². The van der Waals surface area contributed by atoms with Crippen molar-refractivity contribution >= 4 is 27.9 Å². The fraction of sp³-hybridized carbons (Fsp3) is 0.267. The number of fused-ring (bicyclic) bond motifs is 1. The first-order valence-corrected chi connectivity index (χ1v) is 7.72. The Morgan fingerprint density at radius 3 is 3.00 bits per heavy atom. The molecule has 0 aliphatic heterocycles. The monoisotopic (exact) mass is 301 g/mol. The van der Waals surface area contributed by atoms with Gasteiger partial charge in [0.25, 0.3) is 5.69 Å². The maximum Gasteiger partial charge on any atom is 0.270 e. The van der Waals surface area contributed by atoms with Crippen LogP contribution in [0.15, 0.2) is 35.8 Å². The number of nitrogens with zero attached hydrogens (tertiary/aromatic N) is 3. The van der Waals surface area contributed by atoms with Crippen LogP contribution >= 0.6 is 11.3 Å². The number of benzene rings is 1. The molecule has 0 saturated heterocycles. The summed E-state index contributed by atoms with van der Waals surface area (Å²) in [5.74, 6) is 0. The van der Waals surface area contributed by atoms with E-state index in [4.69, 9.17) is 0 Å². The van der Waals surface area contributed by atoms with Crippen LogP contribution in [-0.4, -0.2) is 14.5 Å². The molecule has 21 heavy (non-hydrogen) atoms. The third-order valence-corrected chi connectivity index (χ3v) is 4.32. The Morgan fingerprint density at radius 1 is 1.38 bits per heavy atom. The van der Waals surface area contributed by atoms with Gasteiger partial charge in [0.2, 0.25) is 0 Å². The zero-order chi connectivity index (χ0) is 14.8. The van der Waals surface area contributed by atoms with E-state index in [1.807, 2.05) is 12.3 Å². The highest BCUT2D eigenvalue weighted by molar-refractivity contribution is 7.09. The molecule has 0 unspecified atom stereocenters. The van der Waals surface area contributed by atoms with Gasteiger partial charge in [-0.2, -0.15) is 0 Å². The lowest BCUT2D eigenvalue weighted by molar-refractivity contribution is -0.384. The van der Waals surface area contributed by atoms with E-state index in [9.17, 15) is 10.1 Å². The molecule has 3 rings (SSSR count). The Morgan fingerprint density at radius 2 is 2.24 bits per heavy atom. The SMILES string of the molecule is CCCc1nc(Cn2ccc3cc([N+](=O)[O-])ccc32)cs1. The van der Waals surface area contributed by atoms with Crippen molar-refractivity contribution in [2.75, 3.05) is 0 Å². The summed E-state index contributed by atoms with van der Waals surface area (Å²) in [7, 11) is 0. The zero-order valence-electron chi connectivity index (χ0n) is 11.7. The highest BCUT2D eigenvalue weighted by Crippen LogP contribution is 2.23. The molecule has 0 aliphatic carbocycles. The van der Waals surface area contributed by atoms with Gasteiger partial charge in [-0.15, -0.1) is 11.3 Å². The second kappa shape index (κ2) is 5.65. The number of hydrogen-bond acceptors (Lipinski definition) is 4. The first-order valence-electron chi connectivity index (χ1n) is 6.84. The van der Waals surface area contributed by atoms with E-state index in [0.717, 1.165) is 29.4 Å². The van der Waals surface area contributed by atoms with Gasteiger partial charge in [-0.25, -0.2) is 4.98 Å². The van der Waals surface area contributed by atoms with Crippen molar-refractivity contribution in [3.8, 4) is 0 Å². The van der Waals surface area contributed by atoms with E-state index in [1.54, 1.807) is 29.5 Å². The number of rotatable bonds is 5. The molecule has 0 saturated carbocycles. The quantitative estimate of drug-likeness (QED) is 0.528. The summed E-state index contributed by atoms with van der Waals surface area (Å²) in [5.41, 5.74) is 2.16. The van der Waals surface area contributed by atoms with Crippen molar-refractivity contribution in [3.63, 3.8) is 0 Å². The fourth-order valence-corrected chi connectivity index (χ4v) is 3.25. The van der Waals surface area contributed by atoms with Crippen LogP contribution in [0.2, 0.25) is 0 Å². The molecule has 0 N–H and O–H groups in total. The van der Waals surface area contributed by atoms with E-state index in [2.05, 4.69) is 21.9 Å². The maximum atomic E-state index is 10.8. The highest BCUT2D eigenvalue weighted by atomic mass is 32.1. The molecule has 1 aromatic carbocycles. The minimum Gasteiger partial charge on any atom is -0.341 e. The Labute approximate surface area is 126 Å². The Hall–Kier alpha value is -2.21. The number of hydrogen-bond donors (Lipinski definition) is 0. The molecule has 5 nitrogen and oxygen atoms in total.